The van der Waals surface area contributed by atoms with E-state index < -0.39 is 18.0 Å². The highest BCUT2D eigenvalue weighted by atomic mass is 19.4. The predicted molar refractivity (Wildman–Crippen MR) is 48.3 cm³/mol. The van der Waals surface area contributed by atoms with Gasteiger partial charge in [0, 0.05) is 12.0 Å². The second kappa shape index (κ2) is 4.42. The number of H-pyrrole nitrogens is 1. The molecule has 1 atom stereocenters. The second-order valence-electron chi connectivity index (χ2n) is 3.21. The summed E-state index contributed by atoms with van der Waals surface area (Å²) < 4.78 is 41.8. The van der Waals surface area contributed by atoms with Gasteiger partial charge in [-0.25, -0.2) is 0 Å². The minimum atomic E-state index is -4.58. The third kappa shape index (κ3) is 2.65. The number of hydrogen-bond acceptors (Lipinski definition) is 4. The van der Waals surface area contributed by atoms with Gasteiger partial charge in [0.05, 0.1) is 0 Å². The summed E-state index contributed by atoms with van der Waals surface area (Å²) in [5.74, 6) is -0.173. The third-order valence-electron chi connectivity index (χ3n) is 1.95. The Balaban J connectivity index is 2.94. The molecule has 5 nitrogen and oxygen atoms in total. The summed E-state index contributed by atoms with van der Waals surface area (Å²) in [6.07, 6.45) is -5.42. The number of hydrogen-bond donors (Lipinski definition) is 2. The highest BCUT2D eigenvalue weighted by Gasteiger charge is 2.38. The Kier molecular flexibility index (Phi) is 3.41. The fraction of sp³-hybridized carbons (Fsp3) is 0.500. The summed E-state index contributed by atoms with van der Waals surface area (Å²) in [7, 11) is 0. The van der Waals surface area contributed by atoms with E-state index in [9.17, 15) is 18.0 Å². The molecule has 0 saturated heterocycles. The van der Waals surface area contributed by atoms with Gasteiger partial charge in [-0.3, -0.25) is 9.89 Å². The maximum Gasteiger partial charge on any atom is 0.435 e. The number of carbonyl (C=O) groups excluding carboxylic acids is 1. The van der Waals surface area contributed by atoms with Crippen molar-refractivity contribution in [1.29, 1.82) is 0 Å². The molecule has 1 heterocycles. The highest BCUT2D eigenvalue weighted by Crippen LogP contribution is 2.33. The van der Waals surface area contributed by atoms with Crippen molar-refractivity contribution in [3.05, 3.63) is 11.3 Å². The van der Waals surface area contributed by atoms with E-state index in [1.807, 2.05) is 0 Å². The van der Waals surface area contributed by atoms with Crippen molar-refractivity contribution in [2.45, 2.75) is 25.6 Å². The zero-order valence-electron chi connectivity index (χ0n) is 8.34. The molecule has 90 valence electrons. The molecule has 16 heavy (non-hydrogen) atoms. The van der Waals surface area contributed by atoms with E-state index in [0.29, 0.717) is 0 Å². The molecule has 1 aromatic heterocycles. The number of anilines is 1. The van der Waals surface area contributed by atoms with E-state index in [1.165, 1.54) is 6.92 Å². The number of aromatic amines is 1. The summed E-state index contributed by atoms with van der Waals surface area (Å²) in [5.41, 5.74) is 4.05. The Hall–Kier alpha value is -1.73. The molecule has 0 bridgehead atoms. The zero-order valence-corrected chi connectivity index (χ0v) is 8.34. The maximum atomic E-state index is 12.4. The van der Waals surface area contributed by atoms with Crippen molar-refractivity contribution in [2.24, 2.45) is 0 Å². The molecule has 0 aliphatic heterocycles. The number of nitrogens with two attached hydrogens (primary N) is 1. The van der Waals surface area contributed by atoms with Gasteiger partial charge in [0.2, 0.25) is 0 Å². The molecule has 0 saturated carbocycles. The fourth-order valence-corrected chi connectivity index (χ4v) is 1.25. The molecule has 8 heteroatoms. The van der Waals surface area contributed by atoms with E-state index in [2.05, 4.69) is 14.9 Å². The quantitative estimate of drug-likeness (QED) is 0.769. The summed E-state index contributed by atoms with van der Waals surface area (Å²) in [4.78, 5) is 10.0. The van der Waals surface area contributed by atoms with Crippen LogP contribution in [0.15, 0.2) is 0 Å². The van der Waals surface area contributed by atoms with Crippen LogP contribution in [0.3, 0.4) is 0 Å². The number of nitrogen functional groups attached to an aromatic ring is 1. The largest absolute Gasteiger partial charge is 0.465 e. The lowest BCUT2D eigenvalue weighted by atomic mass is 10.1. The van der Waals surface area contributed by atoms with Gasteiger partial charge in [-0.1, -0.05) is 0 Å². The van der Waals surface area contributed by atoms with Crippen LogP contribution in [0, 0.1) is 0 Å². The van der Waals surface area contributed by atoms with Crippen molar-refractivity contribution < 1.29 is 22.7 Å². The second-order valence-corrected chi connectivity index (χ2v) is 3.21. The number of nitrogens with one attached hydrogen (secondary N) is 1. The minimum Gasteiger partial charge on any atom is -0.465 e. The van der Waals surface area contributed by atoms with E-state index in [1.54, 1.807) is 0 Å². The summed E-state index contributed by atoms with van der Waals surface area (Å²) in [6.45, 7) is 1.63. The molecule has 0 spiro atoms. The Bertz CT molecular complexity index is 375. The zero-order chi connectivity index (χ0) is 12.3. The topological polar surface area (TPSA) is 81.0 Å². The standard InChI is InChI=1S/C8H10F3N3O2/c1-4(16-3-15)2-5-6(8(9,10)11)13-14-7(5)12/h3-4H,2H2,1H3,(H3,12,13,14). The number of halogens is 3. The van der Waals surface area contributed by atoms with Crippen LogP contribution >= 0.6 is 0 Å². The molecule has 0 aromatic carbocycles. The van der Waals surface area contributed by atoms with Crippen molar-refractivity contribution in [3.63, 3.8) is 0 Å². The first-order chi connectivity index (χ1) is 7.36. The average molecular weight is 237 g/mol. The SMILES string of the molecule is CC(Cc1c(C(F)(F)F)n[nH]c1N)OC=O. The van der Waals surface area contributed by atoms with E-state index in [4.69, 9.17) is 5.73 Å². The molecule has 3 N–H and O–H groups in total. The van der Waals surface area contributed by atoms with Crippen molar-refractivity contribution in [2.75, 3.05) is 5.73 Å². The number of rotatable bonds is 4. The maximum absolute atomic E-state index is 12.4. The first kappa shape index (κ1) is 12.3. The lowest BCUT2D eigenvalue weighted by molar-refractivity contribution is -0.142. The molecule has 1 unspecified atom stereocenters. The Morgan fingerprint density at radius 1 is 1.62 bits per heavy atom. The first-order valence-corrected chi connectivity index (χ1v) is 4.35. The summed E-state index contributed by atoms with van der Waals surface area (Å²) in [5, 5.41) is 5.14. The van der Waals surface area contributed by atoms with Crippen LogP contribution in [0.5, 0.6) is 0 Å². The van der Waals surface area contributed by atoms with Crippen LogP contribution in [-0.4, -0.2) is 22.8 Å². The van der Waals surface area contributed by atoms with Crippen LogP contribution in [0.1, 0.15) is 18.2 Å². The van der Waals surface area contributed by atoms with Crippen LogP contribution in [0.25, 0.3) is 0 Å². The smallest absolute Gasteiger partial charge is 0.435 e. The minimum absolute atomic E-state index is 0.143. The lowest BCUT2D eigenvalue weighted by Gasteiger charge is -2.11. The van der Waals surface area contributed by atoms with Gasteiger partial charge in [-0.2, -0.15) is 18.3 Å². The van der Waals surface area contributed by atoms with Crippen LogP contribution in [0.2, 0.25) is 0 Å². The normalized spacial score (nSPS) is 13.5. The molecular formula is C8H10F3N3O2. The van der Waals surface area contributed by atoms with E-state index in [0.717, 1.165) is 0 Å². The molecule has 0 amide bonds. The molecule has 0 radical (unpaired) electrons. The summed E-state index contributed by atoms with van der Waals surface area (Å²) in [6, 6.07) is 0. The molecule has 1 rings (SSSR count). The van der Waals surface area contributed by atoms with Crippen molar-refractivity contribution in [3.8, 4) is 0 Å². The number of carbonyl (C=O) groups is 1. The van der Waals surface area contributed by atoms with Crippen LogP contribution < -0.4 is 5.73 Å². The van der Waals surface area contributed by atoms with Gasteiger partial charge < -0.3 is 10.5 Å². The molecule has 0 aliphatic carbocycles. The Labute approximate surface area is 88.8 Å². The number of alkyl halides is 3. The van der Waals surface area contributed by atoms with Crippen molar-refractivity contribution in [1.82, 2.24) is 10.2 Å². The highest BCUT2D eigenvalue weighted by molar-refractivity contribution is 5.44. The fourth-order valence-electron chi connectivity index (χ4n) is 1.25. The van der Waals surface area contributed by atoms with Crippen LogP contribution in [0.4, 0.5) is 19.0 Å². The van der Waals surface area contributed by atoms with E-state index >= 15 is 0 Å². The van der Waals surface area contributed by atoms with E-state index in [-0.39, 0.29) is 24.3 Å². The monoisotopic (exact) mass is 237 g/mol. The van der Waals surface area contributed by atoms with Gasteiger partial charge >= 0.3 is 6.18 Å². The average Bonchev–Trinajstić information content (AvgIpc) is 2.47. The third-order valence-corrected chi connectivity index (χ3v) is 1.95. The summed E-state index contributed by atoms with van der Waals surface area (Å²) >= 11 is 0. The van der Waals surface area contributed by atoms with Gasteiger partial charge in [-0.05, 0) is 6.92 Å². The molecular weight excluding hydrogens is 227 g/mol. The Morgan fingerprint density at radius 2 is 2.25 bits per heavy atom. The number of ether oxygens (including phenoxy) is 1. The predicted octanol–water partition coefficient (Wildman–Crippen LogP) is 1.11. The molecule has 1 aromatic rings. The number of nitrogens with zero attached hydrogens (tertiary/aromatic N) is 1. The van der Waals surface area contributed by atoms with Gasteiger partial charge in [0.15, 0.2) is 5.69 Å². The Morgan fingerprint density at radius 3 is 2.75 bits per heavy atom. The van der Waals surface area contributed by atoms with Gasteiger partial charge in [0.25, 0.3) is 6.47 Å². The lowest BCUT2D eigenvalue weighted by Crippen LogP contribution is -2.16. The first-order valence-electron chi connectivity index (χ1n) is 4.35. The van der Waals surface area contributed by atoms with Crippen molar-refractivity contribution >= 4 is 12.3 Å². The van der Waals surface area contributed by atoms with Gasteiger partial charge in [-0.15, -0.1) is 0 Å². The van der Waals surface area contributed by atoms with Crippen LogP contribution in [-0.2, 0) is 22.1 Å². The number of aromatic nitrogens is 2. The van der Waals surface area contributed by atoms with Gasteiger partial charge in [0.1, 0.15) is 11.9 Å². The molecule has 0 aliphatic rings. The molecule has 0 fully saturated rings.